The molecule has 2 aromatic rings. The van der Waals surface area contributed by atoms with Crippen LogP contribution in [0.5, 0.6) is 0 Å². The fourth-order valence-electron chi connectivity index (χ4n) is 1.59. The van der Waals surface area contributed by atoms with Gasteiger partial charge in [-0.05, 0) is 13.8 Å². The fraction of sp³-hybridized carbons (Fsp3) is 0.364. The summed E-state index contributed by atoms with van der Waals surface area (Å²) in [4.78, 5) is 12.9. The highest BCUT2D eigenvalue weighted by molar-refractivity contribution is 5.42. The van der Waals surface area contributed by atoms with Gasteiger partial charge in [-0.25, -0.2) is 15.0 Å². The van der Waals surface area contributed by atoms with E-state index >= 15 is 0 Å². The molecule has 3 N–H and O–H groups in total. The lowest BCUT2D eigenvalue weighted by molar-refractivity contribution is 0.895. The van der Waals surface area contributed by atoms with Crippen LogP contribution in [0.3, 0.4) is 0 Å². The second-order valence-corrected chi connectivity index (χ2v) is 3.72. The summed E-state index contributed by atoms with van der Waals surface area (Å²) in [7, 11) is 0. The van der Waals surface area contributed by atoms with Crippen molar-refractivity contribution < 1.29 is 0 Å². The van der Waals surface area contributed by atoms with Crippen LogP contribution >= 0.6 is 0 Å². The molecule has 0 aliphatic carbocycles. The number of imidazole rings is 1. The fourth-order valence-corrected chi connectivity index (χ4v) is 1.59. The Bertz CT molecular complexity index is 504. The van der Waals surface area contributed by atoms with E-state index in [4.69, 9.17) is 5.73 Å². The standard InChI is InChI=1S/C11H16N6/c1-8-15-10(14-4-3-12)7-11(16-8)17-6-5-13-9(17)2/h5-7H,3-4,12H2,1-2H3,(H,14,15,16). The summed E-state index contributed by atoms with van der Waals surface area (Å²) in [6.45, 7) is 5.06. The van der Waals surface area contributed by atoms with Crippen molar-refractivity contribution in [1.29, 1.82) is 0 Å². The van der Waals surface area contributed by atoms with Crippen molar-refractivity contribution in [2.75, 3.05) is 18.4 Å². The smallest absolute Gasteiger partial charge is 0.143 e. The average molecular weight is 232 g/mol. The van der Waals surface area contributed by atoms with Gasteiger partial charge in [-0.3, -0.25) is 4.57 Å². The average Bonchev–Trinajstić information content (AvgIpc) is 2.72. The summed E-state index contributed by atoms with van der Waals surface area (Å²) >= 11 is 0. The first-order chi connectivity index (χ1) is 8.20. The summed E-state index contributed by atoms with van der Waals surface area (Å²) in [5.74, 6) is 3.21. The van der Waals surface area contributed by atoms with Crippen LogP contribution in [0.15, 0.2) is 18.5 Å². The Balaban J connectivity index is 2.35. The van der Waals surface area contributed by atoms with E-state index in [1.807, 2.05) is 30.7 Å². The van der Waals surface area contributed by atoms with Gasteiger partial charge in [0.05, 0.1) is 0 Å². The number of nitrogens with two attached hydrogens (primary N) is 1. The van der Waals surface area contributed by atoms with Gasteiger partial charge < -0.3 is 11.1 Å². The Kier molecular flexibility index (Phi) is 3.34. The molecule has 6 nitrogen and oxygen atoms in total. The zero-order valence-corrected chi connectivity index (χ0v) is 10.0. The van der Waals surface area contributed by atoms with Crippen LogP contribution in [0.2, 0.25) is 0 Å². The van der Waals surface area contributed by atoms with Gasteiger partial charge in [0.15, 0.2) is 0 Å². The van der Waals surface area contributed by atoms with Crippen LogP contribution in [0.4, 0.5) is 5.82 Å². The van der Waals surface area contributed by atoms with E-state index in [-0.39, 0.29) is 0 Å². The predicted molar refractivity (Wildman–Crippen MR) is 66.2 cm³/mol. The zero-order valence-electron chi connectivity index (χ0n) is 10.0. The van der Waals surface area contributed by atoms with Gasteiger partial charge in [-0.1, -0.05) is 0 Å². The maximum atomic E-state index is 5.45. The van der Waals surface area contributed by atoms with Crippen LogP contribution < -0.4 is 11.1 Å². The first-order valence-electron chi connectivity index (χ1n) is 5.50. The Morgan fingerprint density at radius 3 is 2.82 bits per heavy atom. The molecule has 0 amide bonds. The summed E-state index contributed by atoms with van der Waals surface area (Å²) in [6, 6.07) is 1.89. The molecule has 6 heteroatoms. The second-order valence-electron chi connectivity index (χ2n) is 3.72. The maximum absolute atomic E-state index is 5.45. The van der Waals surface area contributed by atoms with Crippen molar-refractivity contribution in [2.45, 2.75) is 13.8 Å². The molecule has 0 unspecified atom stereocenters. The lowest BCUT2D eigenvalue weighted by Gasteiger charge is -2.09. The molecule has 0 saturated carbocycles. The summed E-state index contributed by atoms with van der Waals surface area (Å²) in [5.41, 5.74) is 5.45. The van der Waals surface area contributed by atoms with Gasteiger partial charge in [-0.2, -0.15) is 0 Å². The molecule has 0 radical (unpaired) electrons. The van der Waals surface area contributed by atoms with E-state index in [2.05, 4.69) is 20.3 Å². The van der Waals surface area contributed by atoms with Crippen molar-refractivity contribution >= 4 is 5.82 Å². The molecule has 0 atom stereocenters. The lowest BCUT2D eigenvalue weighted by Crippen LogP contribution is -2.15. The number of aryl methyl sites for hydroxylation is 2. The normalized spacial score (nSPS) is 10.5. The van der Waals surface area contributed by atoms with E-state index < -0.39 is 0 Å². The molecule has 0 bridgehead atoms. The van der Waals surface area contributed by atoms with Gasteiger partial charge in [0.2, 0.25) is 0 Å². The molecule has 0 aliphatic rings. The molecule has 0 saturated heterocycles. The molecule has 0 aliphatic heterocycles. The number of hydrogen-bond donors (Lipinski definition) is 2. The summed E-state index contributed by atoms with van der Waals surface area (Å²) in [6.07, 6.45) is 3.63. The highest BCUT2D eigenvalue weighted by Crippen LogP contribution is 2.12. The van der Waals surface area contributed by atoms with Gasteiger partial charge in [0, 0.05) is 31.5 Å². The van der Waals surface area contributed by atoms with Gasteiger partial charge in [0.25, 0.3) is 0 Å². The predicted octanol–water partition coefficient (Wildman–Crippen LogP) is 0.650. The topological polar surface area (TPSA) is 81.6 Å². The number of aromatic nitrogens is 4. The number of rotatable bonds is 4. The van der Waals surface area contributed by atoms with Crippen molar-refractivity contribution in [1.82, 2.24) is 19.5 Å². The molecule has 2 heterocycles. The lowest BCUT2D eigenvalue weighted by atomic mass is 10.4. The minimum Gasteiger partial charge on any atom is -0.369 e. The largest absolute Gasteiger partial charge is 0.369 e. The molecule has 2 rings (SSSR count). The molecular weight excluding hydrogens is 216 g/mol. The Morgan fingerprint density at radius 2 is 2.18 bits per heavy atom. The van der Waals surface area contributed by atoms with E-state index in [1.165, 1.54) is 0 Å². The molecular formula is C11H16N6. The Hall–Kier alpha value is -1.95. The van der Waals surface area contributed by atoms with Crippen molar-refractivity contribution in [2.24, 2.45) is 5.73 Å². The van der Waals surface area contributed by atoms with Crippen molar-refractivity contribution in [3.63, 3.8) is 0 Å². The molecule has 0 aromatic carbocycles. The summed E-state index contributed by atoms with van der Waals surface area (Å²) < 4.78 is 1.92. The zero-order chi connectivity index (χ0) is 12.3. The van der Waals surface area contributed by atoms with E-state index in [1.54, 1.807) is 6.20 Å². The molecule has 2 aromatic heterocycles. The monoisotopic (exact) mass is 232 g/mol. The van der Waals surface area contributed by atoms with Crippen LogP contribution in [-0.2, 0) is 0 Å². The third kappa shape index (κ3) is 2.59. The van der Waals surface area contributed by atoms with Gasteiger partial charge >= 0.3 is 0 Å². The first kappa shape index (κ1) is 11.5. The summed E-state index contributed by atoms with van der Waals surface area (Å²) in [5, 5.41) is 3.15. The van der Waals surface area contributed by atoms with Crippen LogP contribution in [0.25, 0.3) is 5.82 Å². The first-order valence-corrected chi connectivity index (χ1v) is 5.50. The number of anilines is 1. The highest BCUT2D eigenvalue weighted by Gasteiger charge is 2.05. The van der Waals surface area contributed by atoms with E-state index in [0.29, 0.717) is 13.1 Å². The molecule has 0 fully saturated rings. The van der Waals surface area contributed by atoms with Crippen molar-refractivity contribution in [3.05, 3.63) is 30.1 Å². The minimum atomic E-state index is 0.572. The van der Waals surface area contributed by atoms with Crippen molar-refractivity contribution in [3.8, 4) is 5.82 Å². The number of nitrogens with one attached hydrogen (secondary N) is 1. The van der Waals surface area contributed by atoms with Gasteiger partial charge in [0.1, 0.15) is 23.3 Å². The maximum Gasteiger partial charge on any atom is 0.143 e. The van der Waals surface area contributed by atoms with Crippen LogP contribution in [0, 0.1) is 13.8 Å². The van der Waals surface area contributed by atoms with Crippen LogP contribution in [-0.4, -0.2) is 32.6 Å². The molecule has 90 valence electrons. The Morgan fingerprint density at radius 1 is 1.35 bits per heavy atom. The number of hydrogen-bond acceptors (Lipinski definition) is 5. The van der Waals surface area contributed by atoms with E-state index in [0.717, 1.165) is 23.3 Å². The van der Waals surface area contributed by atoms with Crippen LogP contribution in [0.1, 0.15) is 11.6 Å². The minimum absolute atomic E-state index is 0.572. The molecule has 0 spiro atoms. The third-order valence-corrected chi connectivity index (χ3v) is 2.35. The van der Waals surface area contributed by atoms with E-state index in [9.17, 15) is 0 Å². The third-order valence-electron chi connectivity index (χ3n) is 2.35. The quantitative estimate of drug-likeness (QED) is 0.808. The number of nitrogens with zero attached hydrogens (tertiary/aromatic N) is 4. The SMILES string of the molecule is Cc1nc(NCCN)cc(-n2ccnc2C)n1. The van der Waals surface area contributed by atoms with Gasteiger partial charge in [-0.15, -0.1) is 0 Å². The second kappa shape index (κ2) is 4.92. The molecule has 17 heavy (non-hydrogen) atoms. The highest BCUT2D eigenvalue weighted by atomic mass is 15.1. The Labute approximate surface area is 99.9 Å².